The van der Waals surface area contributed by atoms with Crippen molar-refractivity contribution in [2.45, 2.75) is 26.3 Å². The first kappa shape index (κ1) is 11.6. The Hall–Kier alpha value is -1.83. The van der Waals surface area contributed by atoms with Crippen molar-refractivity contribution >= 4 is 5.69 Å². The lowest BCUT2D eigenvalue weighted by molar-refractivity contribution is 0.839. The maximum atomic E-state index is 4.35. The third-order valence-corrected chi connectivity index (χ3v) is 2.88. The highest BCUT2D eigenvalue weighted by molar-refractivity contribution is 5.46. The van der Waals surface area contributed by atoms with Gasteiger partial charge in [0.25, 0.3) is 0 Å². The summed E-state index contributed by atoms with van der Waals surface area (Å²) in [5, 5.41) is 3.45. The Morgan fingerprint density at radius 3 is 2.47 bits per heavy atom. The van der Waals surface area contributed by atoms with Crippen LogP contribution in [0.3, 0.4) is 0 Å². The molecule has 0 saturated heterocycles. The molecule has 0 fully saturated rings. The molecule has 0 radical (unpaired) electrons. The largest absolute Gasteiger partial charge is 0.377 e. The van der Waals surface area contributed by atoms with Crippen LogP contribution in [0.5, 0.6) is 0 Å². The standard InChI is InChI=1S/C15H18N2/c1-3-13-7-9-14(10-8-13)17-12(2)15-6-4-5-11-16-15/h4-12,17H,3H2,1-2H3. The molecule has 2 heteroatoms. The predicted molar refractivity (Wildman–Crippen MR) is 72.1 cm³/mol. The average molecular weight is 226 g/mol. The van der Waals surface area contributed by atoms with E-state index in [0.717, 1.165) is 17.8 Å². The van der Waals surface area contributed by atoms with Crippen molar-refractivity contribution in [2.24, 2.45) is 0 Å². The maximum Gasteiger partial charge on any atom is 0.0657 e. The van der Waals surface area contributed by atoms with E-state index in [1.54, 1.807) is 0 Å². The van der Waals surface area contributed by atoms with Crippen molar-refractivity contribution in [3.05, 3.63) is 59.9 Å². The zero-order chi connectivity index (χ0) is 12.1. The number of nitrogens with one attached hydrogen (secondary N) is 1. The van der Waals surface area contributed by atoms with Gasteiger partial charge in [-0.05, 0) is 43.2 Å². The molecule has 0 spiro atoms. The molecule has 0 aliphatic heterocycles. The van der Waals surface area contributed by atoms with Crippen LogP contribution in [0.25, 0.3) is 0 Å². The molecule has 1 N–H and O–H groups in total. The second-order valence-corrected chi connectivity index (χ2v) is 4.17. The van der Waals surface area contributed by atoms with Gasteiger partial charge >= 0.3 is 0 Å². The lowest BCUT2D eigenvalue weighted by Crippen LogP contribution is -2.07. The van der Waals surface area contributed by atoms with Gasteiger partial charge in [0.2, 0.25) is 0 Å². The Bertz CT molecular complexity index is 448. The molecule has 2 rings (SSSR count). The molecule has 2 nitrogen and oxygen atoms in total. The van der Waals surface area contributed by atoms with E-state index in [2.05, 4.69) is 48.4 Å². The van der Waals surface area contributed by atoms with Crippen molar-refractivity contribution < 1.29 is 0 Å². The van der Waals surface area contributed by atoms with Crippen LogP contribution in [-0.2, 0) is 6.42 Å². The van der Waals surface area contributed by atoms with Crippen LogP contribution < -0.4 is 5.32 Å². The second kappa shape index (κ2) is 5.48. The lowest BCUT2D eigenvalue weighted by atomic mass is 10.1. The molecule has 1 aromatic carbocycles. The number of hydrogen-bond acceptors (Lipinski definition) is 2. The van der Waals surface area contributed by atoms with E-state index < -0.39 is 0 Å². The monoisotopic (exact) mass is 226 g/mol. The van der Waals surface area contributed by atoms with Crippen LogP contribution in [0.4, 0.5) is 5.69 Å². The quantitative estimate of drug-likeness (QED) is 0.857. The Labute approximate surface area is 103 Å². The van der Waals surface area contributed by atoms with Gasteiger partial charge in [0.1, 0.15) is 0 Å². The number of pyridine rings is 1. The van der Waals surface area contributed by atoms with Gasteiger partial charge in [-0.3, -0.25) is 4.98 Å². The summed E-state index contributed by atoms with van der Waals surface area (Å²) >= 11 is 0. The Morgan fingerprint density at radius 2 is 1.88 bits per heavy atom. The third kappa shape index (κ3) is 3.06. The molecule has 2 aromatic rings. The second-order valence-electron chi connectivity index (χ2n) is 4.17. The molecule has 1 unspecified atom stereocenters. The molecule has 17 heavy (non-hydrogen) atoms. The van der Waals surface area contributed by atoms with Crippen molar-refractivity contribution in [1.29, 1.82) is 0 Å². The topological polar surface area (TPSA) is 24.9 Å². The van der Waals surface area contributed by atoms with Gasteiger partial charge in [0, 0.05) is 11.9 Å². The van der Waals surface area contributed by atoms with Gasteiger partial charge < -0.3 is 5.32 Å². The SMILES string of the molecule is CCc1ccc(NC(C)c2ccccn2)cc1. The summed E-state index contributed by atoms with van der Waals surface area (Å²) in [6.45, 7) is 4.29. The normalized spacial score (nSPS) is 12.1. The molecule has 0 amide bonds. The fourth-order valence-corrected chi connectivity index (χ4v) is 1.79. The van der Waals surface area contributed by atoms with Gasteiger partial charge in [-0.1, -0.05) is 25.1 Å². The molecule has 0 aliphatic rings. The van der Waals surface area contributed by atoms with Crippen LogP contribution in [0.1, 0.15) is 31.1 Å². The summed E-state index contributed by atoms with van der Waals surface area (Å²) in [7, 11) is 0. The molecule has 0 saturated carbocycles. The Balaban J connectivity index is 2.05. The highest BCUT2D eigenvalue weighted by atomic mass is 14.9. The molecule has 1 heterocycles. The molecule has 0 aliphatic carbocycles. The number of benzene rings is 1. The minimum atomic E-state index is 0.226. The van der Waals surface area contributed by atoms with Crippen LogP contribution >= 0.6 is 0 Å². The van der Waals surface area contributed by atoms with Crippen LogP contribution in [0.2, 0.25) is 0 Å². The van der Waals surface area contributed by atoms with E-state index in [-0.39, 0.29) is 6.04 Å². The van der Waals surface area contributed by atoms with Crippen molar-refractivity contribution in [1.82, 2.24) is 4.98 Å². The fourth-order valence-electron chi connectivity index (χ4n) is 1.79. The highest BCUT2D eigenvalue weighted by Gasteiger charge is 2.05. The first-order valence-corrected chi connectivity index (χ1v) is 6.06. The highest BCUT2D eigenvalue weighted by Crippen LogP contribution is 2.17. The van der Waals surface area contributed by atoms with Crippen molar-refractivity contribution in [3.63, 3.8) is 0 Å². The summed E-state index contributed by atoms with van der Waals surface area (Å²) in [4.78, 5) is 4.35. The van der Waals surface area contributed by atoms with E-state index in [0.29, 0.717) is 0 Å². The first-order valence-electron chi connectivity index (χ1n) is 6.06. The number of aromatic nitrogens is 1. The van der Waals surface area contributed by atoms with E-state index in [9.17, 15) is 0 Å². The molecule has 88 valence electrons. The van der Waals surface area contributed by atoms with Crippen LogP contribution in [0.15, 0.2) is 48.7 Å². The number of hydrogen-bond donors (Lipinski definition) is 1. The molecule has 1 atom stereocenters. The predicted octanol–water partition coefficient (Wildman–Crippen LogP) is 3.82. The molecular formula is C15H18N2. The zero-order valence-corrected chi connectivity index (χ0v) is 10.4. The maximum absolute atomic E-state index is 4.35. The van der Waals surface area contributed by atoms with Crippen molar-refractivity contribution in [2.75, 3.05) is 5.32 Å². The zero-order valence-electron chi connectivity index (χ0n) is 10.4. The van der Waals surface area contributed by atoms with Gasteiger partial charge in [-0.2, -0.15) is 0 Å². The van der Waals surface area contributed by atoms with Crippen LogP contribution in [-0.4, -0.2) is 4.98 Å². The number of anilines is 1. The molecule has 0 bridgehead atoms. The first-order chi connectivity index (χ1) is 8.29. The van der Waals surface area contributed by atoms with Gasteiger partial charge in [-0.15, -0.1) is 0 Å². The minimum absolute atomic E-state index is 0.226. The number of nitrogens with zero attached hydrogens (tertiary/aromatic N) is 1. The Kier molecular flexibility index (Phi) is 3.76. The molecular weight excluding hydrogens is 208 g/mol. The van der Waals surface area contributed by atoms with Crippen molar-refractivity contribution in [3.8, 4) is 0 Å². The fraction of sp³-hybridized carbons (Fsp3) is 0.267. The Morgan fingerprint density at radius 1 is 1.12 bits per heavy atom. The van der Waals surface area contributed by atoms with Gasteiger partial charge in [0.15, 0.2) is 0 Å². The van der Waals surface area contributed by atoms with E-state index in [4.69, 9.17) is 0 Å². The van der Waals surface area contributed by atoms with Crippen LogP contribution in [0, 0.1) is 0 Å². The number of aryl methyl sites for hydroxylation is 1. The van der Waals surface area contributed by atoms with E-state index in [1.807, 2.05) is 24.4 Å². The minimum Gasteiger partial charge on any atom is -0.377 e. The summed E-state index contributed by atoms with van der Waals surface area (Å²) < 4.78 is 0. The summed E-state index contributed by atoms with van der Waals surface area (Å²) in [6.07, 6.45) is 2.91. The van der Waals surface area contributed by atoms with Gasteiger partial charge in [0.05, 0.1) is 11.7 Å². The summed E-state index contributed by atoms with van der Waals surface area (Å²) in [5.41, 5.74) is 3.56. The smallest absolute Gasteiger partial charge is 0.0657 e. The average Bonchev–Trinajstić information content (AvgIpc) is 2.40. The number of rotatable bonds is 4. The summed E-state index contributed by atoms with van der Waals surface area (Å²) in [6, 6.07) is 14.8. The lowest BCUT2D eigenvalue weighted by Gasteiger charge is -2.14. The third-order valence-electron chi connectivity index (χ3n) is 2.88. The van der Waals surface area contributed by atoms with E-state index in [1.165, 1.54) is 5.56 Å². The van der Waals surface area contributed by atoms with E-state index >= 15 is 0 Å². The van der Waals surface area contributed by atoms with Gasteiger partial charge in [-0.25, -0.2) is 0 Å². The molecule has 1 aromatic heterocycles. The summed E-state index contributed by atoms with van der Waals surface area (Å²) in [5.74, 6) is 0.